The molecule has 35 heavy (non-hydrogen) atoms. The van der Waals surface area contributed by atoms with E-state index in [1.165, 1.54) is 22.6 Å². The summed E-state index contributed by atoms with van der Waals surface area (Å²) in [4.78, 5) is 1.99. The second-order valence-corrected chi connectivity index (χ2v) is 11.6. The Bertz CT molecular complexity index is 1160. The molecule has 4 aliphatic rings. The lowest BCUT2D eigenvalue weighted by Crippen LogP contribution is -2.51. The fraction of sp³-hybridized carbons (Fsp3) is 0.586. The maximum absolute atomic E-state index is 13.1. The maximum Gasteiger partial charge on any atom is 0.457 e. The van der Waals surface area contributed by atoms with Crippen molar-refractivity contribution in [3.63, 3.8) is 0 Å². The zero-order valence-electron chi connectivity index (χ0n) is 20.6. The summed E-state index contributed by atoms with van der Waals surface area (Å²) < 4.78 is 39.2. The number of rotatable bonds is 2. The number of nitrogens with zero attached hydrogens (tertiary/aromatic N) is 1. The fourth-order valence-electron chi connectivity index (χ4n) is 7.54. The summed E-state index contributed by atoms with van der Waals surface area (Å²) in [5, 5.41) is 12.3. The van der Waals surface area contributed by atoms with Gasteiger partial charge in [-0.1, -0.05) is 42.2 Å². The Hall–Kier alpha value is -1.90. The molecule has 1 N–H and O–H groups in total. The number of allylic oxidation sites excluding steroid dienone is 4. The molecule has 6 heteroatoms. The molecule has 0 bridgehead atoms. The summed E-state index contributed by atoms with van der Waals surface area (Å²) in [5.74, 6) is 4.14. The Kier molecular flexibility index (Phi) is 6.09. The van der Waals surface area contributed by atoms with E-state index in [2.05, 4.69) is 24.1 Å². The van der Waals surface area contributed by atoms with Crippen molar-refractivity contribution < 1.29 is 18.3 Å². The van der Waals surface area contributed by atoms with Crippen LogP contribution in [0, 0.1) is 29.1 Å². The largest absolute Gasteiger partial charge is 0.457 e. The van der Waals surface area contributed by atoms with E-state index in [1.807, 2.05) is 32.0 Å². The van der Waals surface area contributed by atoms with Gasteiger partial charge in [-0.3, -0.25) is 0 Å². The van der Waals surface area contributed by atoms with Gasteiger partial charge in [0.25, 0.3) is 0 Å². The average molecular weight is 504 g/mol. The molecule has 5 atom stereocenters. The predicted molar refractivity (Wildman–Crippen MR) is 134 cm³/mol. The first-order chi connectivity index (χ1) is 16.4. The molecule has 188 valence electrons. The van der Waals surface area contributed by atoms with Crippen LogP contribution in [0.25, 0.3) is 0 Å². The first-order valence-corrected chi connectivity index (χ1v) is 13.0. The van der Waals surface area contributed by atoms with Crippen molar-refractivity contribution in [3.8, 4) is 11.8 Å². The standard InChI is InChI=1S/C29H33ClF3NO/c1-27-17-22(19-9-11-24(30)25(16-19)34(2)3)26-20-7-5-4-6-18(20)8-10-21(26)23(27)12-13-28(27,35)14-15-29(31,32)33/h6,9,11,16,21-23,35H,4-5,7-8,10,12-13,17H2,1-3H3/t21-,22+,23-,27-,28+/m0/s1. The van der Waals surface area contributed by atoms with Gasteiger partial charge >= 0.3 is 6.18 Å². The van der Waals surface area contributed by atoms with Crippen LogP contribution in [0.5, 0.6) is 0 Å². The highest BCUT2D eigenvalue weighted by Crippen LogP contribution is 2.66. The second kappa shape index (κ2) is 8.60. The van der Waals surface area contributed by atoms with E-state index in [0.717, 1.165) is 43.4 Å². The summed E-state index contributed by atoms with van der Waals surface area (Å²) >= 11 is 6.50. The molecule has 5 rings (SSSR count). The van der Waals surface area contributed by atoms with Crippen molar-refractivity contribution in [1.82, 2.24) is 0 Å². The number of hydrogen-bond donors (Lipinski definition) is 1. The van der Waals surface area contributed by atoms with Gasteiger partial charge in [-0.25, -0.2) is 0 Å². The Morgan fingerprint density at radius 2 is 1.94 bits per heavy atom. The van der Waals surface area contributed by atoms with Crippen LogP contribution < -0.4 is 4.90 Å². The van der Waals surface area contributed by atoms with Crippen molar-refractivity contribution in [3.05, 3.63) is 51.6 Å². The number of alkyl halides is 3. The zero-order chi connectivity index (χ0) is 25.2. The van der Waals surface area contributed by atoms with Crippen LogP contribution in [0.4, 0.5) is 18.9 Å². The van der Waals surface area contributed by atoms with Crippen LogP contribution in [0.2, 0.25) is 5.02 Å². The molecule has 1 aromatic carbocycles. The topological polar surface area (TPSA) is 23.5 Å². The number of fused-ring (bicyclic) bond motifs is 4. The predicted octanol–water partition coefficient (Wildman–Crippen LogP) is 7.42. The Morgan fingerprint density at radius 1 is 1.17 bits per heavy atom. The molecule has 2 fully saturated rings. The molecule has 0 saturated heterocycles. The molecule has 0 aliphatic heterocycles. The monoisotopic (exact) mass is 503 g/mol. The third-order valence-electron chi connectivity index (χ3n) is 9.22. The normalized spacial score (nSPS) is 34.3. The molecule has 1 aromatic rings. The Labute approximate surface area is 211 Å². The minimum absolute atomic E-state index is 0.0197. The summed E-state index contributed by atoms with van der Waals surface area (Å²) in [7, 11) is 3.91. The molecule has 0 radical (unpaired) electrons. The summed E-state index contributed by atoms with van der Waals surface area (Å²) in [5.41, 5.74) is 4.06. The van der Waals surface area contributed by atoms with Crippen LogP contribution >= 0.6 is 11.6 Å². The zero-order valence-corrected chi connectivity index (χ0v) is 21.4. The molecule has 0 spiro atoms. The number of hydrogen-bond acceptors (Lipinski definition) is 2. The molecule has 2 saturated carbocycles. The quantitative estimate of drug-likeness (QED) is 0.424. The third-order valence-corrected chi connectivity index (χ3v) is 9.54. The van der Waals surface area contributed by atoms with Crippen LogP contribution in [0.15, 0.2) is 41.0 Å². The average Bonchev–Trinajstić information content (AvgIpc) is 3.07. The minimum atomic E-state index is -4.62. The highest BCUT2D eigenvalue weighted by Gasteiger charge is 2.62. The molecule has 0 aromatic heterocycles. The van der Waals surface area contributed by atoms with Crippen molar-refractivity contribution in [2.75, 3.05) is 19.0 Å². The number of benzene rings is 1. The van der Waals surface area contributed by atoms with E-state index < -0.39 is 17.2 Å². The first-order valence-electron chi connectivity index (χ1n) is 12.7. The van der Waals surface area contributed by atoms with Crippen molar-refractivity contribution >= 4 is 17.3 Å². The van der Waals surface area contributed by atoms with Crippen LogP contribution in [-0.2, 0) is 0 Å². The maximum atomic E-state index is 13.1. The van der Waals surface area contributed by atoms with Gasteiger partial charge in [-0.05, 0) is 92.0 Å². The van der Waals surface area contributed by atoms with Gasteiger partial charge in [-0.15, -0.1) is 0 Å². The SMILES string of the molecule is CN(C)c1cc([C@H]2C[C@@]3(C)[C@@H](CC[C@@]3(O)C#CC(F)(F)F)[C@@H]3CCC4=CCCCC4=C32)ccc1Cl. The van der Waals surface area contributed by atoms with Gasteiger partial charge in [0.15, 0.2) is 0 Å². The molecular formula is C29H33ClF3NO. The molecule has 2 nitrogen and oxygen atoms in total. The molecule has 0 unspecified atom stereocenters. The van der Waals surface area contributed by atoms with Gasteiger partial charge in [0, 0.05) is 31.3 Å². The number of aliphatic hydroxyl groups is 1. The van der Waals surface area contributed by atoms with Gasteiger partial charge < -0.3 is 10.0 Å². The van der Waals surface area contributed by atoms with Gasteiger partial charge in [-0.2, -0.15) is 13.2 Å². The van der Waals surface area contributed by atoms with Crippen LogP contribution in [0.3, 0.4) is 0 Å². The van der Waals surface area contributed by atoms with E-state index in [1.54, 1.807) is 0 Å². The van der Waals surface area contributed by atoms with E-state index in [0.29, 0.717) is 17.9 Å². The van der Waals surface area contributed by atoms with Gasteiger partial charge in [0.1, 0.15) is 5.60 Å². The summed E-state index contributed by atoms with van der Waals surface area (Å²) in [6, 6.07) is 6.10. The van der Waals surface area contributed by atoms with Crippen molar-refractivity contribution in [1.29, 1.82) is 0 Å². The Morgan fingerprint density at radius 3 is 2.66 bits per heavy atom. The van der Waals surface area contributed by atoms with Crippen molar-refractivity contribution in [2.45, 2.75) is 76.0 Å². The lowest BCUT2D eigenvalue weighted by Gasteiger charge is -2.53. The second-order valence-electron chi connectivity index (χ2n) is 11.2. The highest BCUT2D eigenvalue weighted by molar-refractivity contribution is 6.33. The summed E-state index contributed by atoms with van der Waals surface area (Å²) in [6.45, 7) is 1.99. The molecule has 0 amide bonds. The van der Waals surface area contributed by atoms with E-state index in [-0.39, 0.29) is 24.2 Å². The Balaban J connectivity index is 1.68. The highest BCUT2D eigenvalue weighted by atomic mass is 35.5. The fourth-order valence-corrected chi connectivity index (χ4v) is 7.83. The van der Waals surface area contributed by atoms with E-state index >= 15 is 0 Å². The smallest absolute Gasteiger partial charge is 0.377 e. The number of anilines is 1. The molecule has 4 aliphatic carbocycles. The lowest BCUT2D eigenvalue weighted by atomic mass is 9.51. The van der Waals surface area contributed by atoms with E-state index in [4.69, 9.17) is 11.6 Å². The molecule has 0 heterocycles. The van der Waals surface area contributed by atoms with Crippen molar-refractivity contribution in [2.24, 2.45) is 17.3 Å². The van der Waals surface area contributed by atoms with Gasteiger partial charge in [0.2, 0.25) is 0 Å². The van der Waals surface area contributed by atoms with Crippen LogP contribution in [-0.4, -0.2) is 31.0 Å². The summed E-state index contributed by atoms with van der Waals surface area (Å²) in [6.07, 6.45) is 4.65. The molecular weight excluding hydrogens is 471 g/mol. The van der Waals surface area contributed by atoms with Gasteiger partial charge in [0.05, 0.1) is 10.7 Å². The first kappa shape index (κ1) is 24.8. The number of halogens is 4. The van der Waals surface area contributed by atoms with Crippen LogP contribution in [0.1, 0.15) is 69.8 Å². The van der Waals surface area contributed by atoms with E-state index in [9.17, 15) is 18.3 Å². The lowest BCUT2D eigenvalue weighted by molar-refractivity contribution is -0.0739. The minimum Gasteiger partial charge on any atom is -0.377 e. The third kappa shape index (κ3) is 4.11.